The van der Waals surface area contributed by atoms with Crippen LogP contribution in [0.2, 0.25) is 0 Å². The number of hydrogen-bond donors (Lipinski definition) is 1. The van der Waals surface area contributed by atoms with Gasteiger partial charge >= 0.3 is 5.97 Å². The van der Waals surface area contributed by atoms with Crippen molar-refractivity contribution in [1.82, 2.24) is 9.55 Å². The number of aromatic nitrogens is 2. The molecule has 0 aliphatic carbocycles. The van der Waals surface area contributed by atoms with Crippen LogP contribution in [0.15, 0.2) is 36.8 Å². The van der Waals surface area contributed by atoms with E-state index in [9.17, 15) is 4.79 Å². The summed E-state index contributed by atoms with van der Waals surface area (Å²) in [7, 11) is 0. The van der Waals surface area contributed by atoms with Gasteiger partial charge in [0.25, 0.3) is 0 Å². The number of anilines is 1. The SMILES string of the molecule is CCOC(=O)c1cc(N)cn1Cc1cccnc1. The van der Waals surface area contributed by atoms with Crippen LogP contribution >= 0.6 is 0 Å². The second-order valence-corrected chi connectivity index (χ2v) is 3.87. The van der Waals surface area contributed by atoms with E-state index in [0.717, 1.165) is 5.56 Å². The molecule has 0 saturated heterocycles. The van der Waals surface area contributed by atoms with Gasteiger partial charge in [-0.05, 0) is 24.6 Å². The molecule has 2 N–H and O–H groups in total. The van der Waals surface area contributed by atoms with Gasteiger partial charge in [0.2, 0.25) is 0 Å². The van der Waals surface area contributed by atoms with Crippen LogP contribution in [-0.2, 0) is 11.3 Å². The highest BCUT2D eigenvalue weighted by molar-refractivity contribution is 5.89. The second kappa shape index (κ2) is 5.35. The largest absolute Gasteiger partial charge is 0.461 e. The van der Waals surface area contributed by atoms with Crippen LogP contribution in [0, 0.1) is 0 Å². The maximum Gasteiger partial charge on any atom is 0.355 e. The monoisotopic (exact) mass is 245 g/mol. The van der Waals surface area contributed by atoms with Crippen molar-refractivity contribution < 1.29 is 9.53 Å². The third-order valence-electron chi connectivity index (χ3n) is 2.48. The van der Waals surface area contributed by atoms with E-state index in [-0.39, 0.29) is 5.97 Å². The van der Waals surface area contributed by atoms with Gasteiger partial charge in [0.05, 0.1) is 12.3 Å². The van der Waals surface area contributed by atoms with E-state index in [4.69, 9.17) is 10.5 Å². The van der Waals surface area contributed by atoms with Crippen molar-refractivity contribution in [2.45, 2.75) is 13.5 Å². The maximum atomic E-state index is 11.8. The Morgan fingerprint density at radius 2 is 2.39 bits per heavy atom. The molecule has 0 atom stereocenters. The molecule has 0 radical (unpaired) electrons. The molecular weight excluding hydrogens is 230 g/mol. The van der Waals surface area contributed by atoms with Crippen LogP contribution in [0.25, 0.3) is 0 Å². The van der Waals surface area contributed by atoms with Gasteiger partial charge in [0.15, 0.2) is 0 Å². The number of nitrogens with two attached hydrogens (primary N) is 1. The normalized spacial score (nSPS) is 10.3. The average molecular weight is 245 g/mol. The molecule has 2 heterocycles. The van der Waals surface area contributed by atoms with Crippen LogP contribution in [0.3, 0.4) is 0 Å². The zero-order valence-electron chi connectivity index (χ0n) is 10.2. The van der Waals surface area contributed by atoms with Gasteiger partial charge in [-0.1, -0.05) is 6.07 Å². The van der Waals surface area contributed by atoms with Crippen LogP contribution < -0.4 is 5.73 Å². The Morgan fingerprint density at radius 1 is 1.56 bits per heavy atom. The molecule has 2 rings (SSSR count). The Labute approximate surface area is 105 Å². The molecule has 0 spiro atoms. The summed E-state index contributed by atoms with van der Waals surface area (Å²) in [5.74, 6) is -0.363. The Bertz CT molecular complexity index is 534. The maximum absolute atomic E-state index is 11.8. The van der Waals surface area contributed by atoms with E-state index in [1.165, 1.54) is 0 Å². The molecule has 0 fully saturated rings. The van der Waals surface area contributed by atoms with Gasteiger partial charge in [-0.15, -0.1) is 0 Å². The second-order valence-electron chi connectivity index (χ2n) is 3.87. The van der Waals surface area contributed by atoms with Gasteiger partial charge in [0.1, 0.15) is 5.69 Å². The first-order valence-corrected chi connectivity index (χ1v) is 5.72. The minimum atomic E-state index is -0.363. The average Bonchev–Trinajstić information content (AvgIpc) is 2.72. The number of ether oxygens (including phenoxy) is 1. The first-order chi connectivity index (χ1) is 8.70. The van der Waals surface area contributed by atoms with Crippen molar-refractivity contribution in [3.8, 4) is 0 Å². The van der Waals surface area contributed by atoms with Gasteiger partial charge in [-0.2, -0.15) is 0 Å². The number of nitrogens with zero attached hydrogens (tertiary/aromatic N) is 2. The molecule has 5 nitrogen and oxygen atoms in total. The van der Waals surface area contributed by atoms with Crippen molar-refractivity contribution in [2.24, 2.45) is 0 Å². The third kappa shape index (κ3) is 2.68. The van der Waals surface area contributed by atoms with E-state index >= 15 is 0 Å². The Kier molecular flexibility index (Phi) is 3.62. The molecule has 0 aromatic carbocycles. The lowest BCUT2D eigenvalue weighted by Gasteiger charge is -2.07. The highest BCUT2D eigenvalue weighted by atomic mass is 16.5. The molecular formula is C13H15N3O2. The summed E-state index contributed by atoms with van der Waals surface area (Å²) in [5, 5.41) is 0. The standard InChI is InChI=1S/C13H15N3O2/c1-2-18-13(17)12-6-11(14)9-16(12)8-10-4-3-5-15-7-10/h3-7,9H,2,8,14H2,1H3. The fourth-order valence-electron chi connectivity index (χ4n) is 1.73. The van der Waals surface area contributed by atoms with Gasteiger partial charge in [0, 0.05) is 25.1 Å². The van der Waals surface area contributed by atoms with Crippen molar-refractivity contribution in [3.63, 3.8) is 0 Å². The lowest BCUT2D eigenvalue weighted by Crippen LogP contribution is -2.12. The minimum absolute atomic E-state index is 0.344. The summed E-state index contributed by atoms with van der Waals surface area (Å²) in [6.45, 7) is 2.66. The number of pyridine rings is 1. The first kappa shape index (κ1) is 12.2. The smallest absolute Gasteiger partial charge is 0.355 e. The summed E-state index contributed by atoms with van der Waals surface area (Å²) in [5.41, 5.74) is 7.72. The van der Waals surface area contributed by atoms with Crippen molar-refractivity contribution in [3.05, 3.63) is 48.0 Å². The van der Waals surface area contributed by atoms with Crippen LogP contribution in [-0.4, -0.2) is 22.1 Å². The number of nitrogen functional groups attached to an aromatic ring is 1. The van der Waals surface area contributed by atoms with E-state index in [0.29, 0.717) is 24.5 Å². The Hall–Kier alpha value is -2.30. The summed E-state index contributed by atoms with van der Waals surface area (Å²) in [6.07, 6.45) is 5.18. The number of hydrogen-bond acceptors (Lipinski definition) is 4. The number of carbonyl (C=O) groups is 1. The summed E-state index contributed by atoms with van der Waals surface area (Å²) in [6, 6.07) is 5.42. The van der Waals surface area contributed by atoms with Gasteiger partial charge in [-0.25, -0.2) is 4.79 Å². The molecule has 2 aromatic heterocycles. The van der Waals surface area contributed by atoms with Crippen molar-refractivity contribution >= 4 is 11.7 Å². The predicted molar refractivity (Wildman–Crippen MR) is 68.1 cm³/mol. The highest BCUT2D eigenvalue weighted by Gasteiger charge is 2.14. The van der Waals surface area contributed by atoms with Crippen molar-refractivity contribution in [2.75, 3.05) is 12.3 Å². The molecule has 2 aromatic rings. The minimum Gasteiger partial charge on any atom is -0.461 e. The summed E-state index contributed by atoms with van der Waals surface area (Å²) < 4.78 is 6.76. The zero-order valence-corrected chi connectivity index (χ0v) is 10.2. The van der Waals surface area contributed by atoms with Gasteiger partial charge < -0.3 is 15.0 Å². The quantitative estimate of drug-likeness (QED) is 0.832. The van der Waals surface area contributed by atoms with E-state index in [2.05, 4.69) is 4.98 Å². The van der Waals surface area contributed by atoms with E-state index in [1.54, 1.807) is 36.1 Å². The number of rotatable bonds is 4. The molecule has 0 saturated carbocycles. The third-order valence-corrected chi connectivity index (χ3v) is 2.48. The lowest BCUT2D eigenvalue weighted by molar-refractivity contribution is 0.0514. The van der Waals surface area contributed by atoms with Crippen LogP contribution in [0.4, 0.5) is 5.69 Å². The van der Waals surface area contributed by atoms with Crippen molar-refractivity contribution in [1.29, 1.82) is 0 Å². The number of esters is 1. The number of carbonyl (C=O) groups excluding carboxylic acids is 1. The fourth-order valence-corrected chi connectivity index (χ4v) is 1.73. The molecule has 94 valence electrons. The molecule has 0 aliphatic heterocycles. The molecule has 0 unspecified atom stereocenters. The topological polar surface area (TPSA) is 70.1 Å². The Balaban J connectivity index is 2.25. The van der Waals surface area contributed by atoms with E-state index < -0.39 is 0 Å². The van der Waals surface area contributed by atoms with Crippen LogP contribution in [0.5, 0.6) is 0 Å². The lowest BCUT2D eigenvalue weighted by atomic mass is 10.3. The molecule has 18 heavy (non-hydrogen) atoms. The van der Waals surface area contributed by atoms with Crippen LogP contribution in [0.1, 0.15) is 23.0 Å². The Morgan fingerprint density at radius 3 is 3.06 bits per heavy atom. The summed E-state index contributed by atoms with van der Waals surface area (Å²) >= 11 is 0. The first-order valence-electron chi connectivity index (χ1n) is 5.72. The zero-order chi connectivity index (χ0) is 13.0. The summed E-state index contributed by atoms with van der Waals surface area (Å²) in [4.78, 5) is 15.8. The molecule has 0 aliphatic rings. The molecule has 5 heteroatoms. The van der Waals surface area contributed by atoms with E-state index in [1.807, 2.05) is 12.1 Å². The van der Waals surface area contributed by atoms with Gasteiger partial charge in [-0.3, -0.25) is 4.98 Å². The highest BCUT2D eigenvalue weighted by Crippen LogP contribution is 2.14. The predicted octanol–water partition coefficient (Wildman–Crippen LogP) is 1.69. The molecule has 0 bridgehead atoms. The fraction of sp³-hybridized carbons (Fsp3) is 0.231. The molecule has 0 amide bonds.